The summed E-state index contributed by atoms with van der Waals surface area (Å²) in [5, 5.41) is 0. The van der Waals surface area contributed by atoms with Crippen molar-refractivity contribution in [2.24, 2.45) is 0 Å². The molecule has 1 aliphatic rings. The van der Waals surface area contributed by atoms with E-state index in [0.717, 1.165) is 30.0 Å². The molecule has 0 unspecified atom stereocenters. The van der Waals surface area contributed by atoms with Crippen molar-refractivity contribution in [2.75, 3.05) is 12.3 Å². The van der Waals surface area contributed by atoms with Crippen LogP contribution in [0.5, 0.6) is 0 Å². The van der Waals surface area contributed by atoms with Crippen LogP contribution < -0.4 is 5.73 Å². The Morgan fingerprint density at radius 2 is 1.85 bits per heavy atom. The van der Waals surface area contributed by atoms with Gasteiger partial charge in [0, 0.05) is 12.2 Å². The molecule has 20 heavy (non-hydrogen) atoms. The molecule has 1 aromatic rings. The largest absolute Gasteiger partial charge is 0.399 e. The van der Waals surface area contributed by atoms with Gasteiger partial charge in [0.1, 0.15) is 4.90 Å². The van der Waals surface area contributed by atoms with Crippen LogP contribution in [0, 0.1) is 0 Å². The maximum atomic E-state index is 12.3. The predicted octanol–water partition coefficient (Wildman–Crippen LogP) is 2.38. The number of hydrogen-bond donors (Lipinski definition) is 1. The van der Waals surface area contributed by atoms with Gasteiger partial charge in [-0.05, 0) is 24.6 Å². The molecule has 0 aromatic heterocycles. The van der Waals surface area contributed by atoms with Gasteiger partial charge in [-0.1, -0.05) is 32.6 Å². The number of benzene rings is 1. The molecule has 0 saturated heterocycles. The topological polar surface area (TPSA) is 80.5 Å². The van der Waals surface area contributed by atoms with Gasteiger partial charge in [0.2, 0.25) is 0 Å². The van der Waals surface area contributed by atoms with E-state index >= 15 is 0 Å². The van der Waals surface area contributed by atoms with Gasteiger partial charge in [0.25, 0.3) is 15.9 Å². The summed E-state index contributed by atoms with van der Waals surface area (Å²) in [6, 6.07) is 4.36. The number of fused-ring (bicyclic) bond motifs is 1. The van der Waals surface area contributed by atoms with Crippen LogP contribution in [-0.2, 0) is 10.0 Å². The number of rotatable bonds is 6. The molecule has 0 atom stereocenters. The van der Waals surface area contributed by atoms with Crippen LogP contribution in [0.1, 0.15) is 49.4 Å². The van der Waals surface area contributed by atoms with Crippen LogP contribution >= 0.6 is 0 Å². The third kappa shape index (κ3) is 2.65. The van der Waals surface area contributed by atoms with Gasteiger partial charge in [-0.15, -0.1) is 0 Å². The third-order valence-electron chi connectivity index (χ3n) is 3.49. The van der Waals surface area contributed by atoms with Crippen molar-refractivity contribution in [3.8, 4) is 0 Å². The van der Waals surface area contributed by atoms with Crippen molar-refractivity contribution in [3.05, 3.63) is 23.8 Å². The highest BCUT2D eigenvalue weighted by Crippen LogP contribution is 2.31. The van der Waals surface area contributed by atoms with Crippen LogP contribution in [-0.4, -0.2) is 25.2 Å². The van der Waals surface area contributed by atoms with Crippen LogP contribution in [0.3, 0.4) is 0 Å². The molecule has 6 heteroatoms. The second-order valence-electron chi connectivity index (χ2n) is 5.05. The Kier molecular flexibility index (Phi) is 4.32. The molecule has 1 aliphatic heterocycles. The Morgan fingerprint density at radius 1 is 1.15 bits per heavy atom. The normalized spacial score (nSPS) is 16.4. The van der Waals surface area contributed by atoms with Crippen molar-refractivity contribution in [1.29, 1.82) is 0 Å². The molecule has 0 bridgehead atoms. The fourth-order valence-electron chi connectivity index (χ4n) is 2.38. The first-order valence-electron chi connectivity index (χ1n) is 6.95. The van der Waals surface area contributed by atoms with Gasteiger partial charge in [-0.3, -0.25) is 4.79 Å². The van der Waals surface area contributed by atoms with Crippen molar-refractivity contribution < 1.29 is 13.2 Å². The molecule has 0 aliphatic carbocycles. The summed E-state index contributed by atoms with van der Waals surface area (Å²) >= 11 is 0. The van der Waals surface area contributed by atoms with Gasteiger partial charge in [0.15, 0.2) is 0 Å². The van der Waals surface area contributed by atoms with Crippen LogP contribution in [0.25, 0.3) is 0 Å². The zero-order chi connectivity index (χ0) is 14.8. The lowest BCUT2D eigenvalue weighted by Gasteiger charge is -2.14. The standard InChI is InChI=1S/C14H20N2O3S/c1-2-3-4-5-6-9-16-14(17)12-10-11(15)7-8-13(12)20(16,18)19/h7-8,10H,2-6,9,15H2,1H3. The molecule has 110 valence electrons. The van der Waals surface area contributed by atoms with Crippen molar-refractivity contribution >= 4 is 21.6 Å². The molecule has 2 rings (SSSR count). The molecular weight excluding hydrogens is 276 g/mol. The van der Waals surface area contributed by atoms with Gasteiger partial charge in [-0.2, -0.15) is 0 Å². The van der Waals surface area contributed by atoms with Gasteiger partial charge < -0.3 is 5.73 Å². The Labute approximate surface area is 119 Å². The SMILES string of the molecule is CCCCCCCN1C(=O)c2cc(N)ccc2S1(=O)=O. The predicted molar refractivity (Wildman–Crippen MR) is 77.8 cm³/mol. The van der Waals surface area contributed by atoms with E-state index in [9.17, 15) is 13.2 Å². The van der Waals surface area contributed by atoms with E-state index in [1.54, 1.807) is 0 Å². The summed E-state index contributed by atoms with van der Waals surface area (Å²) < 4.78 is 25.6. The van der Waals surface area contributed by atoms with Gasteiger partial charge in [0.05, 0.1) is 5.56 Å². The number of carbonyl (C=O) groups excluding carboxylic acids is 1. The van der Waals surface area contributed by atoms with E-state index in [-0.39, 0.29) is 17.0 Å². The molecule has 0 saturated carbocycles. The molecule has 1 aromatic carbocycles. The zero-order valence-electron chi connectivity index (χ0n) is 11.6. The zero-order valence-corrected chi connectivity index (χ0v) is 12.4. The van der Waals surface area contributed by atoms with Crippen LogP contribution in [0.4, 0.5) is 5.69 Å². The van der Waals surface area contributed by atoms with Crippen molar-refractivity contribution in [1.82, 2.24) is 4.31 Å². The summed E-state index contributed by atoms with van der Waals surface area (Å²) in [5.74, 6) is -0.456. The first kappa shape index (κ1) is 14.8. The molecule has 0 spiro atoms. The van der Waals surface area contributed by atoms with Gasteiger partial charge >= 0.3 is 0 Å². The van der Waals surface area contributed by atoms with E-state index in [1.165, 1.54) is 18.2 Å². The number of nitrogen functional groups attached to an aromatic ring is 1. The molecule has 2 N–H and O–H groups in total. The average molecular weight is 296 g/mol. The first-order chi connectivity index (χ1) is 9.48. The number of nitrogens with zero attached hydrogens (tertiary/aromatic N) is 1. The maximum Gasteiger partial charge on any atom is 0.269 e. The second kappa shape index (κ2) is 5.83. The number of unbranched alkanes of at least 4 members (excludes halogenated alkanes) is 4. The van der Waals surface area contributed by atoms with E-state index < -0.39 is 15.9 Å². The summed E-state index contributed by atoms with van der Waals surface area (Å²) in [7, 11) is -3.68. The first-order valence-corrected chi connectivity index (χ1v) is 8.39. The third-order valence-corrected chi connectivity index (χ3v) is 5.33. The van der Waals surface area contributed by atoms with E-state index in [2.05, 4.69) is 6.92 Å². The average Bonchev–Trinajstić information content (AvgIpc) is 2.58. The van der Waals surface area contributed by atoms with Crippen molar-refractivity contribution in [2.45, 2.75) is 43.9 Å². The lowest BCUT2D eigenvalue weighted by molar-refractivity contribution is 0.0869. The maximum absolute atomic E-state index is 12.3. The second-order valence-corrected chi connectivity index (χ2v) is 6.88. The number of anilines is 1. The van der Waals surface area contributed by atoms with Crippen LogP contribution in [0.2, 0.25) is 0 Å². The highest BCUT2D eigenvalue weighted by Gasteiger charge is 2.40. The highest BCUT2D eigenvalue weighted by atomic mass is 32.2. The lowest BCUT2D eigenvalue weighted by atomic mass is 10.1. The molecule has 5 nitrogen and oxygen atoms in total. The monoisotopic (exact) mass is 296 g/mol. The molecular formula is C14H20N2O3S. The summed E-state index contributed by atoms with van der Waals surface area (Å²) in [5.41, 5.74) is 6.21. The number of hydrogen-bond acceptors (Lipinski definition) is 4. The molecule has 1 heterocycles. The fraction of sp³-hybridized carbons (Fsp3) is 0.500. The fourth-order valence-corrected chi connectivity index (χ4v) is 3.97. The number of carbonyl (C=O) groups is 1. The number of sulfonamides is 1. The minimum atomic E-state index is -3.68. The minimum Gasteiger partial charge on any atom is -0.399 e. The Balaban J connectivity index is 2.11. The highest BCUT2D eigenvalue weighted by molar-refractivity contribution is 7.90. The van der Waals surface area contributed by atoms with Gasteiger partial charge in [-0.25, -0.2) is 12.7 Å². The Morgan fingerprint density at radius 3 is 2.55 bits per heavy atom. The lowest BCUT2D eigenvalue weighted by Crippen LogP contribution is -2.30. The quantitative estimate of drug-likeness (QED) is 0.645. The van der Waals surface area contributed by atoms with E-state index in [4.69, 9.17) is 5.73 Å². The summed E-state index contributed by atoms with van der Waals surface area (Å²) in [6.45, 7) is 2.37. The van der Waals surface area contributed by atoms with Crippen LogP contribution in [0.15, 0.2) is 23.1 Å². The minimum absolute atomic E-state index is 0.0743. The van der Waals surface area contributed by atoms with E-state index in [0.29, 0.717) is 12.1 Å². The van der Waals surface area contributed by atoms with E-state index in [1.807, 2.05) is 0 Å². The van der Waals surface area contributed by atoms with Crippen molar-refractivity contribution in [3.63, 3.8) is 0 Å². The summed E-state index contributed by atoms with van der Waals surface area (Å²) in [4.78, 5) is 12.3. The molecule has 0 radical (unpaired) electrons. The molecule has 0 fully saturated rings. The Hall–Kier alpha value is -1.56. The summed E-state index contributed by atoms with van der Waals surface area (Å²) in [6.07, 6.45) is 4.97. The molecule has 1 amide bonds. The smallest absolute Gasteiger partial charge is 0.269 e. The number of nitrogens with two attached hydrogens (primary N) is 1. The number of amides is 1. The Bertz CT molecular complexity index is 611.